The van der Waals surface area contributed by atoms with Gasteiger partial charge in [0.2, 0.25) is 0 Å². The third kappa shape index (κ3) is 4.84. The molecule has 2 aromatic rings. The Balaban J connectivity index is 2.19. The lowest BCUT2D eigenvalue weighted by atomic mass is 10.1. The van der Waals surface area contributed by atoms with Crippen molar-refractivity contribution in [2.45, 2.75) is 45.9 Å². The predicted octanol–water partition coefficient (Wildman–Crippen LogP) is 3.64. The third-order valence-electron chi connectivity index (χ3n) is 3.92. The van der Waals surface area contributed by atoms with Gasteiger partial charge in [-0.1, -0.05) is 37.3 Å². The maximum absolute atomic E-state index is 12.6. The summed E-state index contributed by atoms with van der Waals surface area (Å²) in [5, 5.41) is 13.9. The number of rotatable bonds is 8. The van der Waals surface area contributed by atoms with E-state index in [4.69, 9.17) is 4.74 Å². The molecule has 7 heteroatoms. The minimum atomic E-state index is -1.13. The summed E-state index contributed by atoms with van der Waals surface area (Å²) in [5.41, 5.74) is 1.30. The molecule has 1 aromatic heterocycles. The van der Waals surface area contributed by atoms with E-state index in [1.54, 1.807) is 10.9 Å². The fraction of sp³-hybridized carbons (Fsp3) is 0.421. The molecule has 2 rings (SSSR count). The normalized spacial score (nSPS) is 12.0. The lowest BCUT2D eigenvalue weighted by Gasteiger charge is -2.27. The molecular formula is C19H25N3O4. The highest BCUT2D eigenvalue weighted by molar-refractivity contribution is 5.81. The highest BCUT2D eigenvalue weighted by Gasteiger charge is 2.33. The molecule has 26 heavy (non-hydrogen) atoms. The van der Waals surface area contributed by atoms with Crippen LogP contribution in [0.5, 0.6) is 0 Å². The van der Waals surface area contributed by atoms with Crippen LogP contribution in [0.3, 0.4) is 0 Å². The summed E-state index contributed by atoms with van der Waals surface area (Å²) < 4.78 is 7.02. The van der Waals surface area contributed by atoms with Crippen molar-refractivity contribution in [1.82, 2.24) is 14.7 Å². The van der Waals surface area contributed by atoms with Gasteiger partial charge in [0.1, 0.15) is 6.61 Å². The maximum Gasteiger partial charge on any atom is 0.411 e. The fourth-order valence-electron chi connectivity index (χ4n) is 2.60. The number of hydrogen-bond donors (Lipinski definition) is 1. The zero-order valence-corrected chi connectivity index (χ0v) is 15.3. The SMILES string of the molecule is CCCN(C(=O)OCc1ccccc1)C(C(=O)O)c1cnn(C(C)C)c1. The first-order valence-corrected chi connectivity index (χ1v) is 8.68. The van der Waals surface area contributed by atoms with Crippen molar-refractivity contribution in [3.63, 3.8) is 0 Å². The molecule has 1 N–H and O–H groups in total. The van der Waals surface area contributed by atoms with E-state index in [1.165, 1.54) is 11.1 Å². The largest absolute Gasteiger partial charge is 0.479 e. The van der Waals surface area contributed by atoms with E-state index >= 15 is 0 Å². The predicted molar refractivity (Wildman–Crippen MR) is 96.6 cm³/mol. The topological polar surface area (TPSA) is 84.7 Å². The van der Waals surface area contributed by atoms with Crippen LogP contribution in [-0.2, 0) is 16.1 Å². The first-order valence-electron chi connectivity index (χ1n) is 8.68. The summed E-state index contributed by atoms with van der Waals surface area (Å²) in [6.45, 7) is 6.15. The van der Waals surface area contributed by atoms with Crippen molar-refractivity contribution in [2.75, 3.05) is 6.54 Å². The summed E-state index contributed by atoms with van der Waals surface area (Å²) in [7, 11) is 0. The number of hydrogen-bond acceptors (Lipinski definition) is 4. The van der Waals surface area contributed by atoms with Crippen LogP contribution in [0.1, 0.15) is 50.4 Å². The van der Waals surface area contributed by atoms with Gasteiger partial charge in [-0.2, -0.15) is 5.10 Å². The zero-order valence-electron chi connectivity index (χ0n) is 15.3. The first-order chi connectivity index (χ1) is 12.4. The molecule has 0 fully saturated rings. The van der Waals surface area contributed by atoms with Gasteiger partial charge in [0.15, 0.2) is 6.04 Å². The molecule has 0 radical (unpaired) electrons. The molecule has 7 nitrogen and oxygen atoms in total. The number of benzene rings is 1. The van der Waals surface area contributed by atoms with Crippen LogP contribution < -0.4 is 0 Å². The molecular weight excluding hydrogens is 334 g/mol. The number of ether oxygens (including phenoxy) is 1. The van der Waals surface area contributed by atoms with Crippen molar-refractivity contribution >= 4 is 12.1 Å². The van der Waals surface area contributed by atoms with Crippen LogP contribution in [0.25, 0.3) is 0 Å². The summed E-state index contributed by atoms with van der Waals surface area (Å²) in [5.74, 6) is -1.11. The Bertz CT molecular complexity index is 727. The second-order valence-electron chi connectivity index (χ2n) is 6.32. The quantitative estimate of drug-likeness (QED) is 0.778. The Labute approximate surface area is 153 Å². The number of carbonyl (C=O) groups is 2. The van der Waals surface area contributed by atoms with E-state index in [2.05, 4.69) is 5.10 Å². The molecule has 1 heterocycles. The van der Waals surface area contributed by atoms with Gasteiger partial charge >= 0.3 is 12.1 Å². The van der Waals surface area contributed by atoms with Gasteiger partial charge in [0.05, 0.1) is 6.20 Å². The van der Waals surface area contributed by atoms with Crippen LogP contribution in [-0.4, -0.2) is 38.4 Å². The average molecular weight is 359 g/mol. The first kappa shape index (κ1) is 19.5. The number of nitrogens with zero attached hydrogens (tertiary/aromatic N) is 3. The Kier molecular flexibility index (Phi) is 6.77. The van der Waals surface area contributed by atoms with Gasteiger partial charge in [0, 0.05) is 24.3 Å². The van der Waals surface area contributed by atoms with Crippen LogP contribution in [0.4, 0.5) is 4.79 Å². The second kappa shape index (κ2) is 9.03. The Morgan fingerprint density at radius 1 is 1.27 bits per heavy atom. The number of aromatic nitrogens is 2. The summed E-state index contributed by atoms with van der Waals surface area (Å²) in [6, 6.07) is 8.24. The van der Waals surface area contributed by atoms with Crippen LogP contribution in [0, 0.1) is 0 Å². The maximum atomic E-state index is 12.6. The van der Waals surface area contributed by atoms with E-state index < -0.39 is 18.1 Å². The number of carboxylic acid groups (broad SMARTS) is 1. The van der Waals surface area contributed by atoms with Crippen LogP contribution in [0.2, 0.25) is 0 Å². The molecule has 0 aliphatic rings. The van der Waals surface area contributed by atoms with Gasteiger partial charge < -0.3 is 9.84 Å². The van der Waals surface area contributed by atoms with Crippen molar-refractivity contribution in [3.8, 4) is 0 Å². The number of carbonyl (C=O) groups excluding carboxylic acids is 1. The lowest BCUT2D eigenvalue weighted by Crippen LogP contribution is -2.39. The molecule has 1 aromatic carbocycles. The van der Waals surface area contributed by atoms with E-state index in [0.29, 0.717) is 12.0 Å². The zero-order chi connectivity index (χ0) is 19.1. The van der Waals surface area contributed by atoms with Crippen LogP contribution >= 0.6 is 0 Å². The summed E-state index contributed by atoms with van der Waals surface area (Å²) >= 11 is 0. The summed E-state index contributed by atoms with van der Waals surface area (Å²) in [6.07, 6.45) is 3.12. The molecule has 1 amide bonds. The Morgan fingerprint density at radius 2 is 1.96 bits per heavy atom. The number of amides is 1. The molecule has 1 atom stereocenters. The van der Waals surface area contributed by atoms with E-state index in [-0.39, 0.29) is 19.2 Å². The minimum absolute atomic E-state index is 0.0947. The molecule has 140 valence electrons. The smallest absolute Gasteiger partial charge is 0.411 e. The standard InChI is InChI=1S/C19H25N3O4/c1-4-10-21(19(25)26-13-15-8-6-5-7-9-15)17(18(23)24)16-11-20-22(12-16)14(2)3/h5-9,11-12,14,17H,4,10,13H2,1-3H3,(H,23,24). The van der Waals surface area contributed by atoms with Gasteiger partial charge in [-0.3, -0.25) is 9.58 Å². The van der Waals surface area contributed by atoms with Crippen molar-refractivity contribution < 1.29 is 19.4 Å². The molecule has 0 saturated carbocycles. The Hall–Kier alpha value is -2.83. The highest BCUT2D eigenvalue weighted by Crippen LogP contribution is 2.23. The molecule has 0 aliphatic heterocycles. The highest BCUT2D eigenvalue weighted by atomic mass is 16.6. The van der Waals surface area contributed by atoms with E-state index in [0.717, 1.165) is 5.56 Å². The molecule has 0 aliphatic carbocycles. The third-order valence-corrected chi connectivity index (χ3v) is 3.92. The van der Waals surface area contributed by atoms with E-state index in [9.17, 15) is 14.7 Å². The summed E-state index contributed by atoms with van der Waals surface area (Å²) in [4.78, 5) is 25.7. The average Bonchev–Trinajstić information content (AvgIpc) is 3.10. The van der Waals surface area contributed by atoms with Gasteiger partial charge in [0.25, 0.3) is 0 Å². The van der Waals surface area contributed by atoms with E-state index in [1.807, 2.05) is 51.1 Å². The monoisotopic (exact) mass is 359 g/mol. The lowest BCUT2D eigenvalue weighted by molar-refractivity contribution is -0.143. The molecule has 0 bridgehead atoms. The van der Waals surface area contributed by atoms with Gasteiger partial charge in [-0.25, -0.2) is 9.59 Å². The second-order valence-corrected chi connectivity index (χ2v) is 6.32. The van der Waals surface area contributed by atoms with Gasteiger partial charge in [-0.15, -0.1) is 0 Å². The molecule has 0 saturated heterocycles. The van der Waals surface area contributed by atoms with Crippen molar-refractivity contribution in [1.29, 1.82) is 0 Å². The van der Waals surface area contributed by atoms with Crippen molar-refractivity contribution in [3.05, 3.63) is 53.9 Å². The number of carboxylic acids is 1. The molecule has 0 spiro atoms. The Morgan fingerprint density at radius 3 is 2.50 bits per heavy atom. The number of aliphatic carboxylic acids is 1. The van der Waals surface area contributed by atoms with Crippen molar-refractivity contribution in [2.24, 2.45) is 0 Å². The minimum Gasteiger partial charge on any atom is -0.479 e. The van der Waals surface area contributed by atoms with Gasteiger partial charge in [-0.05, 0) is 25.8 Å². The fourth-order valence-corrected chi connectivity index (χ4v) is 2.60. The van der Waals surface area contributed by atoms with Crippen LogP contribution in [0.15, 0.2) is 42.7 Å². The molecule has 1 unspecified atom stereocenters.